The van der Waals surface area contributed by atoms with Crippen molar-refractivity contribution in [2.45, 2.75) is 10.6 Å². The van der Waals surface area contributed by atoms with Gasteiger partial charge in [0.25, 0.3) is 0 Å². The third-order valence-corrected chi connectivity index (χ3v) is 3.44. The third-order valence-electron chi connectivity index (χ3n) is 2.37. The Morgan fingerprint density at radius 3 is 3.05 bits per heavy atom. The Labute approximate surface area is 113 Å². The van der Waals surface area contributed by atoms with Gasteiger partial charge in [-0.05, 0) is 18.2 Å². The van der Waals surface area contributed by atoms with E-state index in [2.05, 4.69) is 15.1 Å². The largest absolute Gasteiger partial charge is 0.461 e. The number of hydrogen-bond donors (Lipinski definition) is 1. The van der Waals surface area contributed by atoms with E-state index >= 15 is 0 Å². The van der Waals surface area contributed by atoms with E-state index in [-0.39, 0.29) is 0 Å². The molecule has 19 heavy (non-hydrogen) atoms. The van der Waals surface area contributed by atoms with Crippen LogP contribution in [0.2, 0.25) is 0 Å². The number of nitrogens with two attached hydrogens (primary N) is 1. The molecular weight excluding hydrogens is 264 g/mol. The molecule has 0 amide bonds. The van der Waals surface area contributed by atoms with Crippen molar-refractivity contribution in [2.75, 3.05) is 5.73 Å². The van der Waals surface area contributed by atoms with Crippen LogP contribution in [-0.4, -0.2) is 15.1 Å². The number of pyridine rings is 1. The molecule has 0 fully saturated rings. The van der Waals surface area contributed by atoms with E-state index in [4.69, 9.17) is 14.7 Å². The number of rotatable bonds is 4. The van der Waals surface area contributed by atoms with Crippen molar-refractivity contribution in [3.8, 4) is 11.6 Å². The Hall–Kier alpha value is -2.28. The van der Waals surface area contributed by atoms with Crippen LogP contribution in [0.4, 0.5) is 5.69 Å². The molecular formula is C12H10N4O2S. The number of anilines is 1. The highest BCUT2D eigenvalue weighted by molar-refractivity contribution is 7.98. The van der Waals surface area contributed by atoms with Gasteiger partial charge in [0.2, 0.25) is 11.7 Å². The van der Waals surface area contributed by atoms with Gasteiger partial charge < -0.3 is 14.7 Å². The lowest BCUT2D eigenvalue weighted by atomic mass is 10.4. The molecule has 6 nitrogen and oxygen atoms in total. The lowest BCUT2D eigenvalue weighted by Gasteiger charge is -2.00. The van der Waals surface area contributed by atoms with E-state index in [1.165, 1.54) is 11.8 Å². The number of thioether (sulfide) groups is 1. The van der Waals surface area contributed by atoms with Crippen LogP contribution in [0.15, 0.2) is 50.7 Å². The first-order valence-corrected chi connectivity index (χ1v) is 6.50. The molecule has 96 valence electrons. The van der Waals surface area contributed by atoms with Crippen molar-refractivity contribution in [1.29, 1.82) is 0 Å². The number of aromatic nitrogens is 3. The van der Waals surface area contributed by atoms with Crippen molar-refractivity contribution >= 4 is 17.4 Å². The van der Waals surface area contributed by atoms with Crippen LogP contribution in [0.3, 0.4) is 0 Å². The van der Waals surface area contributed by atoms with Crippen molar-refractivity contribution in [3.05, 3.63) is 42.7 Å². The molecule has 0 saturated carbocycles. The minimum Gasteiger partial charge on any atom is -0.461 e. The van der Waals surface area contributed by atoms with Crippen LogP contribution in [0, 0.1) is 0 Å². The topological polar surface area (TPSA) is 91.0 Å². The van der Waals surface area contributed by atoms with E-state index in [0.717, 1.165) is 4.90 Å². The number of hydrogen-bond acceptors (Lipinski definition) is 7. The lowest BCUT2D eigenvalue weighted by molar-refractivity contribution is 0.390. The molecule has 0 radical (unpaired) electrons. The Morgan fingerprint density at radius 2 is 2.26 bits per heavy atom. The first-order chi connectivity index (χ1) is 9.33. The SMILES string of the molecule is Nc1cnccc1SCc1nc(-c2ccco2)no1. The Kier molecular flexibility index (Phi) is 3.20. The van der Waals surface area contributed by atoms with Crippen LogP contribution < -0.4 is 5.73 Å². The monoisotopic (exact) mass is 274 g/mol. The summed E-state index contributed by atoms with van der Waals surface area (Å²) in [6, 6.07) is 5.41. The van der Waals surface area contributed by atoms with Crippen molar-refractivity contribution in [1.82, 2.24) is 15.1 Å². The van der Waals surface area contributed by atoms with Crippen LogP contribution in [0.1, 0.15) is 5.89 Å². The summed E-state index contributed by atoms with van der Waals surface area (Å²) in [4.78, 5) is 9.12. The van der Waals surface area contributed by atoms with E-state index in [1.54, 1.807) is 30.8 Å². The molecule has 0 aromatic carbocycles. The number of nitrogens with zero attached hydrogens (tertiary/aromatic N) is 3. The minimum atomic E-state index is 0.448. The molecule has 3 aromatic heterocycles. The molecule has 0 aliphatic heterocycles. The summed E-state index contributed by atoms with van der Waals surface area (Å²) in [5.74, 6) is 2.10. The van der Waals surface area contributed by atoms with Crippen LogP contribution in [0.5, 0.6) is 0 Å². The lowest BCUT2D eigenvalue weighted by Crippen LogP contribution is -1.90. The van der Waals surface area contributed by atoms with Crippen LogP contribution >= 0.6 is 11.8 Å². The average Bonchev–Trinajstić information content (AvgIpc) is 3.09. The van der Waals surface area contributed by atoms with Gasteiger partial charge in [-0.2, -0.15) is 4.98 Å². The van der Waals surface area contributed by atoms with Gasteiger partial charge in [-0.3, -0.25) is 4.98 Å². The predicted octanol–water partition coefficient (Wildman–Crippen LogP) is 2.60. The van der Waals surface area contributed by atoms with Gasteiger partial charge in [-0.15, -0.1) is 11.8 Å². The normalized spacial score (nSPS) is 10.7. The molecule has 0 bridgehead atoms. The molecule has 0 spiro atoms. The molecule has 0 atom stereocenters. The third kappa shape index (κ3) is 2.60. The highest BCUT2D eigenvalue weighted by atomic mass is 32.2. The highest BCUT2D eigenvalue weighted by Gasteiger charge is 2.11. The van der Waals surface area contributed by atoms with Gasteiger partial charge in [0.05, 0.1) is 23.9 Å². The summed E-state index contributed by atoms with van der Waals surface area (Å²) >= 11 is 1.52. The van der Waals surface area contributed by atoms with E-state index < -0.39 is 0 Å². The second-order valence-electron chi connectivity index (χ2n) is 3.69. The van der Waals surface area contributed by atoms with E-state index in [0.29, 0.717) is 28.9 Å². The smallest absolute Gasteiger partial charge is 0.238 e. The predicted molar refractivity (Wildman–Crippen MR) is 70.2 cm³/mol. The highest BCUT2D eigenvalue weighted by Crippen LogP contribution is 2.27. The summed E-state index contributed by atoms with van der Waals surface area (Å²) in [6.45, 7) is 0. The fourth-order valence-corrected chi connectivity index (χ4v) is 2.26. The maximum Gasteiger partial charge on any atom is 0.238 e. The fourth-order valence-electron chi connectivity index (χ4n) is 1.48. The molecule has 0 aliphatic carbocycles. The van der Waals surface area contributed by atoms with E-state index in [9.17, 15) is 0 Å². The summed E-state index contributed by atoms with van der Waals surface area (Å²) in [5.41, 5.74) is 6.44. The Bertz CT molecular complexity index is 666. The van der Waals surface area contributed by atoms with Gasteiger partial charge >= 0.3 is 0 Å². The zero-order chi connectivity index (χ0) is 13.1. The second-order valence-corrected chi connectivity index (χ2v) is 4.71. The van der Waals surface area contributed by atoms with E-state index in [1.807, 2.05) is 6.07 Å². The average molecular weight is 274 g/mol. The van der Waals surface area contributed by atoms with Crippen molar-refractivity contribution < 1.29 is 8.94 Å². The van der Waals surface area contributed by atoms with Crippen molar-refractivity contribution in [2.24, 2.45) is 0 Å². The van der Waals surface area contributed by atoms with Crippen molar-refractivity contribution in [3.63, 3.8) is 0 Å². The first-order valence-electron chi connectivity index (χ1n) is 5.51. The fraction of sp³-hybridized carbons (Fsp3) is 0.0833. The summed E-state index contributed by atoms with van der Waals surface area (Å²) in [7, 11) is 0. The molecule has 0 aliphatic rings. The number of nitrogen functional groups attached to an aromatic ring is 1. The van der Waals surface area contributed by atoms with Crippen LogP contribution in [0.25, 0.3) is 11.6 Å². The second kappa shape index (κ2) is 5.15. The van der Waals surface area contributed by atoms with Crippen LogP contribution in [-0.2, 0) is 5.75 Å². The zero-order valence-electron chi connectivity index (χ0n) is 9.81. The van der Waals surface area contributed by atoms with Gasteiger partial charge in [0.15, 0.2) is 5.76 Å². The van der Waals surface area contributed by atoms with Gasteiger partial charge in [0, 0.05) is 11.1 Å². The molecule has 0 unspecified atom stereocenters. The molecule has 0 saturated heterocycles. The van der Waals surface area contributed by atoms with Gasteiger partial charge in [0.1, 0.15) is 0 Å². The van der Waals surface area contributed by atoms with Gasteiger partial charge in [-0.1, -0.05) is 5.16 Å². The Morgan fingerprint density at radius 1 is 1.32 bits per heavy atom. The Balaban J connectivity index is 1.70. The molecule has 2 N–H and O–H groups in total. The molecule has 3 aromatic rings. The maximum atomic E-state index is 5.80. The standard InChI is InChI=1S/C12H10N4O2S/c13-8-6-14-4-3-10(8)19-7-11-15-12(16-18-11)9-2-1-5-17-9/h1-6H,7,13H2. The van der Waals surface area contributed by atoms with Gasteiger partial charge in [-0.25, -0.2) is 0 Å². The first kappa shape index (κ1) is 11.8. The number of furan rings is 1. The molecule has 7 heteroatoms. The minimum absolute atomic E-state index is 0.448. The maximum absolute atomic E-state index is 5.80. The zero-order valence-corrected chi connectivity index (χ0v) is 10.6. The molecule has 3 heterocycles. The quantitative estimate of drug-likeness (QED) is 0.731. The summed E-state index contributed by atoms with van der Waals surface area (Å²) in [6.07, 6.45) is 4.88. The summed E-state index contributed by atoms with van der Waals surface area (Å²) < 4.78 is 10.3. The summed E-state index contributed by atoms with van der Waals surface area (Å²) in [5, 5.41) is 3.86. The molecule has 3 rings (SSSR count).